The molecule has 0 saturated carbocycles. The molecule has 0 saturated heterocycles. The molecule has 24 heavy (non-hydrogen) atoms. The van der Waals surface area contributed by atoms with Crippen molar-refractivity contribution >= 4 is 33.5 Å². The van der Waals surface area contributed by atoms with Gasteiger partial charge in [0.1, 0.15) is 22.3 Å². The maximum atomic E-state index is 12.2. The van der Waals surface area contributed by atoms with Crippen molar-refractivity contribution in [1.29, 1.82) is 0 Å². The summed E-state index contributed by atoms with van der Waals surface area (Å²) in [6.07, 6.45) is -0.423. The van der Waals surface area contributed by atoms with Gasteiger partial charge in [-0.3, -0.25) is 9.59 Å². The van der Waals surface area contributed by atoms with E-state index >= 15 is 0 Å². The number of hydrogen-bond acceptors (Lipinski definition) is 6. The summed E-state index contributed by atoms with van der Waals surface area (Å²) >= 11 is 0. The van der Waals surface area contributed by atoms with Crippen LogP contribution in [0.3, 0.4) is 0 Å². The molecule has 6 nitrogen and oxygen atoms in total. The van der Waals surface area contributed by atoms with Crippen LogP contribution in [0.2, 0.25) is 0 Å². The van der Waals surface area contributed by atoms with E-state index in [1.165, 1.54) is 6.92 Å². The van der Waals surface area contributed by atoms with Gasteiger partial charge in [0.2, 0.25) is 0 Å². The van der Waals surface area contributed by atoms with Gasteiger partial charge in [-0.15, -0.1) is 0 Å². The third-order valence-electron chi connectivity index (χ3n) is 3.92. The van der Waals surface area contributed by atoms with Crippen LogP contribution in [0.5, 0.6) is 0 Å². The summed E-state index contributed by atoms with van der Waals surface area (Å²) in [7, 11) is 0. The molecule has 0 aliphatic carbocycles. The molecule has 122 valence electrons. The third-order valence-corrected chi connectivity index (χ3v) is 3.92. The summed E-state index contributed by atoms with van der Waals surface area (Å²) in [5.74, 6) is -1.06. The van der Waals surface area contributed by atoms with Crippen molar-refractivity contribution in [1.82, 2.24) is 0 Å². The molecule has 0 amide bonds. The van der Waals surface area contributed by atoms with Gasteiger partial charge < -0.3 is 8.83 Å². The van der Waals surface area contributed by atoms with Crippen molar-refractivity contribution in [2.45, 2.75) is 27.2 Å². The number of ketones is 2. The molecule has 2 aromatic heterocycles. The molecule has 0 atom stereocenters. The van der Waals surface area contributed by atoms with Gasteiger partial charge in [0.25, 0.3) is 0 Å². The monoisotopic (exact) mass is 326 g/mol. The summed E-state index contributed by atoms with van der Waals surface area (Å²) in [4.78, 5) is 47.4. The van der Waals surface area contributed by atoms with Gasteiger partial charge >= 0.3 is 11.3 Å². The van der Waals surface area contributed by atoms with Crippen LogP contribution in [-0.2, 0) is 4.79 Å². The summed E-state index contributed by atoms with van der Waals surface area (Å²) in [6.45, 7) is 5.00. The number of benzene rings is 1. The molecule has 0 N–H and O–H groups in total. The normalized spacial score (nSPS) is 11.1. The fourth-order valence-corrected chi connectivity index (χ4v) is 2.55. The number of hydrogen-bond donors (Lipinski definition) is 0. The average Bonchev–Trinajstić information content (AvgIpc) is 2.48. The molecular weight excluding hydrogens is 312 g/mol. The van der Waals surface area contributed by atoms with Crippen molar-refractivity contribution in [3.8, 4) is 0 Å². The molecule has 2 heterocycles. The van der Waals surface area contributed by atoms with Crippen LogP contribution in [0.15, 0.2) is 36.6 Å². The predicted octanol–water partition coefficient (Wildman–Crippen LogP) is 2.68. The lowest BCUT2D eigenvalue weighted by Crippen LogP contribution is -2.17. The number of fused-ring (bicyclic) bond motifs is 3. The van der Waals surface area contributed by atoms with Gasteiger partial charge in [-0.1, -0.05) is 0 Å². The van der Waals surface area contributed by atoms with Crippen LogP contribution in [0.1, 0.15) is 34.8 Å². The van der Waals surface area contributed by atoms with E-state index in [1.807, 2.05) is 13.8 Å². The Hall–Kier alpha value is -3.02. The first kappa shape index (κ1) is 15.9. The Bertz CT molecular complexity index is 1130. The highest BCUT2D eigenvalue weighted by Crippen LogP contribution is 2.25. The highest BCUT2D eigenvalue weighted by molar-refractivity contribution is 6.09. The molecular formula is C18H14O6. The topological polar surface area (TPSA) is 94.6 Å². The first-order valence-corrected chi connectivity index (χ1v) is 7.32. The van der Waals surface area contributed by atoms with Gasteiger partial charge in [0.15, 0.2) is 11.4 Å². The van der Waals surface area contributed by atoms with Crippen LogP contribution in [0.25, 0.3) is 21.9 Å². The highest BCUT2D eigenvalue weighted by atomic mass is 16.4. The highest BCUT2D eigenvalue weighted by Gasteiger charge is 2.19. The summed E-state index contributed by atoms with van der Waals surface area (Å²) in [5.41, 5.74) is 0.348. The Balaban J connectivity index is 2.38. The smallest absolute Gasteiger partial charge is 0.347 e. The number of aryl methyl sites for hydroxylation is 2. The molecule has 6 heteroatoms. The molecule has 3 aromatic rings. The van der Waals surface area contributed by atoms with E-state index in [9.17, 15) is 19.2 Å². The molecule has 0 spiro atoms. The van der Waals surface area contributed by atoms with Gasteiger partial charge in [0, 0.05) is 0 Å². The van der Waals surface area contributed by atoms with Gasteiger partial charge in [-0.2, -0.15) is 0 Å². The first-order chi connectivity index (χ1) is 11.3. The largest absolute Gasteiger partial charge is 0.422 e. The second kappa shape index (κ2) is 5.56. The molecule has 0 bridgehead atoms. The second-order valence-electron chi connectivity index (χ2n) is 5.81. The molecule has 3 rings (SSSR count). The Morgan fingerprint density at radius 3 is 2.25 bits per heavy atom. The standard InChI is InChI=1S/C18H14O6/c1-8-4-12-15(5-9(8)2)23-18(22)13-7-11(14(20)6-10(3)19)17(21)24-16(12)13/h4-5,7H,6H2,1-3H3. The van der Waals surface area contributed by atoms with Crippen molar-refractivity contribution in [2.24, 2.45) is 0 Å². The van der Waals surface area contributed by atoms with Gasteiger partial charge in [-0.05, 0) is 50.1 Å². The Kier molecular flexibility index (Phi) is 3.67. The third kappa shape index (κ3) is 2.56. The minimum absolute atomic E-state index is 0.00254. The first-order valence-electron chi connectivity index (χ1n) is 7.32. The summed E-state index contributed by atoms with van der Waals surface area (Å²) in [5, 5.41) is 0.479. The lowest BCUT2D eigenvalue weighted by molar-refractivity contribution is -0.116. The van der Waals surface area contributed by atoms with E-state index in [0.29, 0.717) is 11.0 Å². The Labute approximate surface area is 135 Å². The van der Waals surface area contributed by atoms with Crippen LogP contribution in [0.4, 0.5) is 0 Å². The minimum atomic E-state index is -0.876. The fourth-order valence-electron chi connectivity index (χ4n) is 2.55. The number of rotatable bonds is 3. The SMILES string of the molecule is CC(=O)CC(=O)c1cc2c(=O)oc3cc(C)c(C)cc3c2oc1=O. The number of carbonyl (C=O) groups excluding carboxylic acids is 2. The van der Waals surface area contributed by atoms with E-state index in [-0.39, 0.29) is 22.3 Å². The van der Waals surface area contributed by atoms with Crippen LogP contribution in [-0.4, -0.2) is 11.6 Å². The maximum Gasteiger partial charge on any atom is 0.347 e. The number of Topliss-reactive ketones (excluding diaryl/α,β-unsaturated/α-hetero) is 2. The predicted molar refractivity (Wildman–Crippen MR) is 87.6 cm³/mol. The van der Waals surface area contributed by atoms with E-state index in [0.717, 1.165) is 17.2 Å². The van der Waals surface area contributed by atoms with Gasteiger partial charge in [-0.25, -0.2) is 9.59 Å². The van der Waals surface area contributed by atoms with Crippen LogP contribution >= 0.6 is 0 Å². The Morgan fingerprint density at radius 2 is 1.58 bits per heavy atom. The maximum absolute atomic E-state index is 12.2. The zero-order chi connectivity index (χ0) is 17.6. The van der Waals surface area contributed by atoms with Crippen molar-refractivity contribution < 1.29 is 18.4 Å². The molecule has 0 fully saturated rings. The minimum Gasteiger partial charge on any atom is -0.422 e. The van der Waals surface area contributed by atoms with Crippen molar-refractivity contribution in [3.63, 3.8) is 0 Å². The van der Waals surface area contributed by atoms with E-state index in [1.54, 1.807) is 12.1 Å². The van der Waals surface area contributed by atoms with E-state index < -0.39 is 23.5 Å². The van der Waals surface area contributed by atoms with Crippen LogP contribution < -0.4 is 11.3 Å². The van der Waals surface area contributed by atoms with E-state index in [2.05, 4.69) is 0 Å². The zero-order valence-electron chi connectivity index (χ0n) is 13.4. The second-order valence-corrected chi connectivity index (χ2v) is 5.81. The van der Waals surface area contributed by atoms with Crippen molar-refractivity contribution in [2.75, 3.05) is 0 Å². The zero-order valence-corrected chi connectivity index (χ0v) is 13.4. The molecule has 0 aliphatic heterocycles. The molecule has 0 unspecified atom stereocenters. The summed E-state index contributed by atoms with van der Waals surface area (Å²) in [6, 6.07) is 4.60. The number of carbonyl (C=O) groups is 2. The quantitative estimate of drug-likeness (QED) is 0.318. The fraction of sp³-hybridized carbons (Fsp3) is 0.222. The summed E-state index contributed by atoms with van der Waals surface area (Å²) < 4.78 is 10.5. The lowest BCUT2D eigenvalue weighted by Gasteiger charge is -2.06. The van der Waals surface area contributed by atoms with Gasteiger partial charge in [0.05, 0.1) is 11.8 Å². The molecule has 0 aliphatic rings. The lowest BCUT2D eigenvalue weighted by atomic mass is 10.0. The van der Waals surface area contributed by atoms with E-state index in [4.69, 9.17) is 8.83 Å². The van der Waals surface area contributed by atoms with Crippen LogP contribution in [0, 0.1) is 13.8 Å². The van der Waals surface area contributed by atoms with Crippen molar-refractivity contribution in [3.05, 3.63) is 55.7 Å². The average molecular weight is 326 g/mol. The molecule has 0 radical (unpaired) electrons. The Morgan fingerprint density at radius 1 is 0.917 bits per heavy atom. The molecule has 1 aromatic carbocycles.